The van der Waals surface area contributed by atoms with Crippen molar-refractivity contribution in [2.45, 2.75) is 40.9 Å². The molecule has 0 aliphatic heterocycles. The fourth-order valence-corrected chi connectivity index (χ4v) is 7.98. The zero-order valence-corrected chi connectivity index (χ0v) is 37.6. The van der Waals surface area contributed by atoms with E-state index in [1.54, 1.807) is 13.8 Å². The maximum absolute atomic E-state index is 11.9. The predicted molar refractivity (Wildman–Crippen MR) is 265 cm³/mol. The summed E-state index contributed by atoms with van der Waals surface area (Å²) in [4.78, 5) is 28.3. The Bertz CT molecular complexity index is 2660. The Hall–Kier alpha value is -8.10. The first kappa shape index (κ1) is 44.5. The monoisotopic (exact) mass is 872 g/mol. The van der Waals surface area contributed by atoms with Gasteiger partial charge in [0.05, 0.1) is 13.2 Å². The molecular weight excluding hydrogens is 821 g/mol. The molecule has 0 atom stereocenters. The number of carbonyl (C=O) groups is 2. The van der Waals surface area contributed by atoms with E-state index < -0.39 is 12.3 Å². The van der Waals surface area contributed by atoms with Crippen molar-refractivity contribution in [3.63, 3.8) is 0 Å². The zero-order chi connectivity index (χ0) is 45.8. The first-order valence-electron chi connectivity index (χ1n) is 22.2. The molecule has 330 valence electrons. The average molecular weight is 873 g/mol. The summed E-state index contributed by atoms with van der Waals surface area (Å²) in [6, 6.07) is 67.3. The van der Waals surface area contributed by atoms with E-state index >= 15 is 0 Å². The second kappa shape index (κ2) is 21.1. The molecule has 0 unspecified atom stereocenters. The highest BCUT2D eigenvalue weighted by molar-refractivity contribution is 5.84. The Morgan fingerprint density at radius 2 is 0.667 bits per heavy atom. The van der Waals surface area contributed by atoms with Gasteiger partial charge in [-0.3, -0.25) is 0 Å². The van der Waals surface area contributed by atoms with Gasteiger partial charge in [0.15, 0.2) is 0 Å². The van der Waals surface area contributed by atoms with Crippen molar-refractivity contribution < 1.29 is 28.5 Å². The van der Waals surface area contributed by atoms with Crippen molar-refractivity contribution in [2.24, 2.45) is 0 Å². The minimum Gasteiger partial charge on any atom is -0.435 e. The number of benzene rings is 8. The molecule has 66 heavy (non-hydrogen) atoms. The number of anilines is 6. The van der Waals surface area contributed by atoms with Gasteiger partial charge >= 0.3 is 12.3 Å². The summed E-state index contributed by atoms with van der Waals surface area (Å²) in [6.07, 6.45) is -1.36. The largest absolute Gasteiger partial charge is 0.508 e. The standard InChI is InChI=1S/C58H52N2O6/c1-5-63-57(61)65-39-43-17-27-51(28-18-43)59(53-31-21-47(22-32-53)45-13-9-7-10-14-45)55-35-25-49(37-41(55)3)50-26-36-56(42(4)38-50)60(52-29-19-44(20-30-52)40-66-58(62)64-6-2)54-33-23-48(24-34-54)46-15-11-8-12-16-46/h7-38H,5-6,39-40H2,1-4H3. The normalized spacial score (nSPS) is 10.8. The van der Waals surface area contributed by atoms with Crippen molar-refractivity contribution >= 4 is 46.4 Å². The molecule has 0 bridgehead atoms. The predicted octanol–water partition coefficient (Wildman–Crippen LogP) is 15.6. The molecule has 0 aliphatic carbocycles. The second-order valence-corrected chi connectivity index (χ2v) is 15.8. The molecule has 0 spiro atoms. The summed E-state index contributed by atoms with van der Waals surface area (Å²) in [5.74, 6) is 0. The van der Waals surface area contributed by atoms with Crippen LogP contribution >= 0.6 is 0 Å². The molecule has 0 N–H and O–H groups in total. The van der Waals surface area contributed by atoms with Crippen molar-refractivity contribution in [2.75, 3.05) is 23.0 Å². The first-order valence-corrected chi connectivity index (χ1v) is 22.2. The lowest BCUT2D eigenvalue weighted by atomic mass is 9.98. The quantitative estimate of drug-likeness (QED) is 0.0943. The van der Waals surface area contributed by atoms with Crippen LogP contribution < -0.4 is 9.80 Å². The van der Waals surface area contributed by atoms with Crippen LogP contribution in [0.4, 0.5) is 43.7 Å². The van der Waals surface area contributed by atoms with E-state index in [0.717, 1.165) is 89.8 Å². The summed E-state index contributed by atoms with van der Waals surface area (Å²) >= 11 is 0. The number of hydrogen-bond donors (Lipinski definition) is 0. The summed E-state index contributed by atoms with van der Waals surface area (Å²) in [6.45, 7) is 8.56. The van der Waals surface area contributed by atoms with Gasteiger partial charge in [0.2, 0.25) is 0 Å². The molecule has 0 radical (unpaired) electrons. The van der Waals surface area contributed by atoms with E-state index in [0.29, 0.717) is 0 Å². The Balaban J connectivity index is 1.11. The Kier molecular flexibility index (Phi) is 14.2. The first-order chi connectivity index (χ1) is 32.3. The van der Waals surface area contributed by atoms with Crippen molar-refractivity contribution in [3.05, 3.63) is 216 Å². The molecule has 8 aromatic carbocycles. The Morgan fingerprint density at radius 1 is 0.364 bits per heavy atom. The van der Waals surface area contributed by atoms with E-state index in [1.807, 2.05) is 36.4 Å². The maximum Gasteiger partial charge on any atom is 0.508 e. The second-order valence-electron chi connectivity index (χ2n) is 15.8. The summed E-state index contributed by atoms with van der Waals surface area (Å²) in [5.41, 5.74) is 16.7. The maximum atomic E-state index is 11.9. The Labute approximate surface area is 387 Å². The zero-order valence-electron chi connectivity index (χ0n) is 37.6. The molecule has 0 heterocycles. The molecule has 8 rings (SSSR count). The number of hydrogen-bond acceptors (Lipinski definition) is 8. The van der Waals surface area contributed by atoms with Crippen LogP contribution in [-0.2, 0) is 32.2 Å². The lowest BCUT2D eigenvalue weighted by molar-refractivity contribution is 0.0527. The van der Waals surface area contributed by atoms with Crippen LogP contribution in [0.25, 0.3) is 33.4 Å². The lowest BCUT2D eigenvalue weighted by Crippen LogP contribution is -2.12. The van der Waals surface area contributed by atoms with Gasteiger partial charge in [0, 0.05) is 34.1 Å². The van der Waals surface area contributed by atoms with Gasteiger partial charge < -0.3 is 28.7 Å². The summed E-state index contributed by atoms with van der Waals surface area (Å²) < 4.78 is 20.5. The molecule has 8 heteroatoms. The third kappa shape index (κ3) is 10.6. The Morgan fingerprint density at radius 3 is 0.985 bits per heavy atom. The molecule has 8 aromatic rings. The third-order valence-corrected chi connectivity index (χ3v) is 11.3. The van der Waals surface area contributed by atoms with Gasteiger partial charge in [-0.25, -0.2) is 9.59 Å². The van der Waals surface area contributed by atoms with Gasteiger partial charge in [0.25, 0.3) is 0 Å². The van der Waals surface area contributed by atoms with Crippen molar-refractivity contribution in [1.29, 1.82) is 0 Å². The average Bonchev–Trinajstić information content (AvgIpc) is 3.36. The van der Waals surface area contributed by atoms with Crippen LogP contribution in [0.2, 0.25) is 0 Å². The fourth-order valence-electron chi connectivity index (χ4n) is 7.98. The number of rotatable bonds is 15. The number of carbonyl (C=O) groups excluding carboxylic acids is 2. The van der Waals surface area contributed by atoms with Crippen LogP contribution in [0.15, 0.2) is 194 Å². The third-order valence-electron chi connectivity index (χ3n) is 11.3. The highest BCUT2D eigenvalue weighted by atomic mass is 16.7. The fraction of sp³-hybridized carbons (Fsp3) is 0.138. The van der Waals surface area contributed by atoms with Crippen LogP contribution in [0.5, 0.6) is 0 Å². The number of ether oxygens (including phenoxy) is 4. The van der Waals surface area contributed by atoms with Crippen LogP contribution in [0, 0.1) is 13.8 Å². The molecule has 0 amide bonds. The highest BCUT2D eigenvalue weighted by Crippen LogP contribution is 2.42. The van der Waals surface area contributed by atoms with Gasteiger partial charge in [-0.15, -0.1) is 0 Å². The topological polar surface area (TPSA) is 77.5 Å². The molecule has 0 fully saturated rings. The van der Waals surface area contributed by atoms with E-state index in [9.17, 15) is 9.59 Å². The number of aryl methyl sites for hydroxylation is 2. The molecule has 8 nitrogen and oxygen atoms in total. The molecular formula is C58H52N2O6. The number of nitrogens with zero attached hydrogens (tertiary/aromatic N) is 2. The van der Waals surface area contributed by atoms with Crippen molar-refractivity contribution in [3.8, 4) is 33.4 Å². The molecule has 0 saturated carbocycles. The smallest absolute Gasteiger partial charge is 0.435 e. The van der Waals surface area contributed by atoms with E-state index in [2.05, 4.69) is 181 Å². The molecule has 0 aromatic heterocycles. The highest BCUT2D eigenvalue weighted by Gasteiger charge is 2.19. The summed E-state index contributed by atoms with van der Waals surface area (Å²) in [7, 11) is 0. The summed E-state index contributed by atoms with van der Waals surface area (Å²) in [5, 5.41) is 0. The molecule has 0 aliphatic rings. The van der Waals surface area contributed by atoms with Crippen LogP contribution in [0.3, 0.4) is 0 Å². The van der Waals surface area contributed by atoms with Gasteiger partial charge in [-0.1, -0.05) is 121 Å². The lowest BCUT2D eigenvalue weighted by Gasteiger charge is -2.28. The van der Waals surface area contributed by atoms with Crippen LogP contribution in [-0.4, -0.2) is 25.5 Å². The van der Waals surface area contributed by atoms with E-state index in [1.165, 1.54) is 0 Å². The SMILES string of the molecule is CCOC(=O)OCc1ccc(N(c2ccc(-c3ccccc3)cc2)c2ccc(-c3ccc(N(c4ccc(COC(=O)OCC)cc4)c4ccc(-c5ccccc5)cc4)c(C)c3)cc2C)cc1. The van der Waals surface area contributed by atoms with Crippen LogP contribution in [0.1, 0.15) is 36.1 Å². The minimum absolute atomic E-state index is 0.120. The van der Waals surface area contributed by atoms with Gasteiger partial charge in [-0.05, 0) is 156 Å². The van der Waals surface area contributed by atoms with Gasteiger partial charge in [-0.2, -0.15) is 0 Å². The molecule has 0 saturated heterocycles. The van der Waals surface area contributed by atoms with Gasteiger partial charge in [0.1, 0.15) is 13.2 Å². The van der Waals surface area contributed by atoms with E-state index in [-0.39, 0.29) is 26.4 Å². The minimum atomic E-state index is -0.681. The van der Waals surface area contributed by atoms with E-state index in [4.69, 9.17) is 18.9 Å². The van der Waals surface area contributed by atoms with Crippen molar-refractivity contribution in [1.82, 2.24) is 0 Å².